The predicted molar refractivity (Wildman–Crippen MR) is 81.1 cm³/mol. The summed E-state index contributed by atoms with van der Waals surface area (Å²) in [7, 11) is 0. The Labute approximate surface area is 136 Å². The van der Waals surface area contributed by atoms with Crippen LogP contribution >= 0.6 is 0 Å². The topological polar surface area (TPSA) is 138 Å². The number of aromatic hydroxyl groups is 1. The zero-order valence-corrected chi connectivity index (χ0v) is 12.6. The Balaban J connectivity index is 2.54. The van der Waals surface area contributed by atoms with Crippen LogP contribution in [0.3, 0.4) is 0 Å². The van der Waals surface area contributed by atoms with Gasteiger partial charge in [-0.1, -0.05) is 0 Å². The number of nitriles is 2. The van der Waals surface area contributed by atoms with Gasteiger partial charge in [0.2, 0.25) is 5.49 Å². The number of amides is 1. The number of rotatable bonds is 2. The summed E-state index contributed by atoms with van der Waals surface area (Å²) in [4.78, 5) is 13.6. The first-order chi connectivity index (χ1) is 11.5. The summed E-state index contributed by atoms with van der Waals surface area (Å²) in [5.74, 6) is -0.873. The van der Waals surface area contributed by atoms with Crippen LogP contribution < -0.4 is 5.49 Å². The number of nitrogens with zero attached hydrogens (tertiary/aromatic N) is 6. The summed E-state index contributed by atoms with van der Waals surface area (Å²) >= 11 is 0. The van der Waals surface area contributed by atoms with Gasteiger partial charge in [0.1, 0.15) is 12.1 Å². The molecule has 0 fully saturated rings. The molecule has 0 saturated carbocycles. The van der Waals surface area contributed by atoms with E-state index in [2.05, 4.69) is 10.2 Å². The third kappa shape index (κ3) is 3.00. The molecule has 1 aromatic heterocycles. The summed E-state index contributed by atoms with van der Waals surface area (Å²) in [6, 6.07) is 6.17. The number of aromatic nitrogens is 1. The van der Waals surface area contributed by atoms with Gasteiger partial charge in [0.25, 0.3) is 5.91 Å². The molecular formula is C15H12N6O3. The molecule has 1 aliphatic rings. The fourth-order valence-electron chi connectivity index (χ4n) is 1.99. The highest BCUT2D eigenvalue weighted by Gasteiger charge is 2.26. The molecule has 120 valence electrons. The quantitative estimate of drug-likeness (QED) is 0.461. The molecule has 24 heavy (non-hydrogen) atoms. The zero-order valence-electron chi connectivity index (χ0n) is 12.6. The molecule has 0 aromatic carbocycles. The molecule has 0 spiro atoms. The molecule has 0 atom stereocenters. The standard InChI is InChI=1S/C15H12N6O3/c1-2-20-12(10(8-16)9-17)6-5-11(15(20)23)18-19-14-13(22)4-3-7-21(14)24/h3-7,22,24H,2H2,1H3. The van der Waals surface area contributed by atoms with Crippen LogP contribution in [0.5, 0.6) is 5.75 Å². The van der Waals surface area contributed by atoms with E-state index in [9.17, 15) is 15.1 Å². The van der Waals surface area contributed by atoms with Crippen molar-refractivity contribution in [3.8, 4) is 17.9 Å². The SMILES string of the molecule is CCN1C(=O)C(=NN=c2c(O)cccn2O)C=CC1=C(C#N)C#N. The lowest BCUT2D eigenvalue weighted by atomic mass is 10.1. The number of allylic oxidation sites excluding steroid dienone is 2. The van der Waals surface area contributed by atoms with Crippen molar-refractivity contribution >= 4 is 11.6 Å². The highest BCUT2D eigenvalue weighted by atomic mass is 16.5. The second-order valence-electron chi connectivity index (χ2n) is 4.51. The van der Waals surface area contributed by atoms with Crippen LogP contribution in [0.4, 0.5) is 0 Å². The minimum atomic E-state index is -0.554. The maximum absolute atomic E-state index is 12.4. The van der Waals surface area contributed by atoms with Gasteiger partial charge in [-0.15, -0.1) is 10.2 Å². The molecule has 2 rings (SSSR count). The lowest BCUT2D eigenvalue weighted by Gasteiger charge is -2.24. The Morgan fingerprint density at radius 1 is 1.29 bits per heavy atom. The monoisotopic (exact) mass is 324 g/mol. The van der Waals surface area contributed by atoms with Crippen LogP contribution in [-0.2, 0) is 4.79 Å². The predicted octanol–water partition coefficient (Wildman–Crippen LogP) is 0.407. The van der Waals surface area contributed by atoms with E-state index in [1.807, 2.05) is 0 Å². The summed E-state index contributed by atoms with van der Waals surface area (Å²) < 4.78 is 0.558. The maximum atomic E-state index is 12.4. The van der Waals surface area contributed by atoms with Crippen molar-refractivity contribution in [2.24, 2.45) is 10.2 Å². The highest BCUT2D eigenvalue weighted by molar-refractivity contribution is 6.44. The third-order valence-corrected chi connectivity index (χ3v) is 3.13. The van der Waals surface area contributed by atoms with Crippen molar-refractivity contribution in [3.05, 3.63) is 47.2 Å². The van der Waals surface area contributed by atoms with E-state index >= 15 is 0 Å². The van der Waals surface area contributed by atoms with Gasteiger partial charge in [0.05, 0.1) is 5.70 Å². The van der Waals surface area contributed by atoms with E-state index in [-0.39, 0.29) is 34.8 Å². The molecule has 1 aliphatic heterocycles. The molecule has 0 radical (unpaired) electrons. The molecular weight excluding hydrogens is 312 g/mol. The minimum absolute atomic E-state index is 0.0703. The van der Waals surface area contributed by atoms with Crippen molar-refractivity contribution in [3.63, 3.8) is 0 Å². The molecule has 0 saturated heterocycles. The fourth-order valence-corrected chi connectivity index (χ4v) is 1.99. The first-order valence-corrected chi connectivity index (χ1v) is 6.79. The number of carbonyl (C=O) groups is 1. The minimum Gasteiger partial charge on any atom is -0.504 e. The Bertz CT molecular complexity index is 885. The zero-order chi connectivity index (χ0) is 17.7. The number of carbonyl (C=O) groups excluding carboxylic acids is 1. The van der Waals surface area contributed by atoms with Gasteiger partial charge in [-0.2, -0.15) is 15.3 Å². The van der Waals surface area contributed by atoms with Gasteiger partial charge in [-0.3, -0.25) is 4.79 Å². The Morgan fingerprint density at radius 2 is 2.00 bits per heavy atom. The third-order valence-electron chi connectivity index (χ3n) is 3.13. The average molecular weight is 324 g/mol. The van der Waals surface area contributed by atoms with E-state index in [1.54, 1.807) is 19.1 Å². The molecule has 1 amide bonds. The van der Waals surface area contributed by atoms with Gasteiger partial charge in [0.15, 0.2) is 17.0 Å². The molecule has 1 aromatic rings. The van der Waals surface area contributed by atoms with Crippen molar-refractivity contribution in [1.29, 1.82) is 10.5 Å². The number of hydrogen-bond donors (Lipinski definition) is 2. The normalized spacial score (nSPS) is 16.2. The van der Waals surface area contributed by atoms with E-state index in [1.165, 1.54) is 35.4 Å². The van der Waals surface area contributed by atoms with E-state index in [0.29, 0.717) is 4.73 Å². The largest absolute Gasteiger partial charge is 0.504 e. The Kier molecular flexibility index (Phi) is 4.78. The maximum Gasteiger partial charge on any atom is 0.278 e. The van der Waals surface area contributed by atoms with Gasteiger partial charge >= 0.3 is 0 Å². The number of pyridine rings is 1. The summed E-state index contributed by atoms with van der Waals surface area (Å²) in [5.41, 5.74) is -0.318. The van der Waals surface area contributed by atoms with Crippen molar-refractivity contribution in [2.75, 3.05) is 6.54 Å². The molecule has 9 nitrogen and oxygen atoms in total. The molecule has 0 bridgehead atoms. The van der Waals surface area contributed by atoms with Crippen LogP contribution in [0.25, 0.3) is 0 Å². The van der Waals surface area contributed by atoms with Crippen molar-refractivity contribution in [2.45, 2.75) is 6.92 Å². The Hall–Kier alpha value is -3.85. The molecule has 0 aliphatic carbocycles. The Morgan fingerprint density at radius 3 is 2.58 bits per heavy atom. The van der Waals surface area contributed by atoms with E-state index in [0.717, 1.165) is 0 Å². The first-order valence-electron chi connectivity index (χ1n) is 6.79. The summed E-state index contributed by atoms with van der Waals surface area (Å²) in [6.07, 6.45) is 3.96. The van der Waals surface area contributed by atoms with Crippen molar-refractivity contribution in [1.82, 2.24) is 9.63 Å². The fraction of sp³-hybridized carbons (Fsp3) is 0.133. The first kappa shape index (κ1) is 16.5. The summed E-state index contributed by atoms with van der Waals surface area (Å²) in [5, 5.41) is 44.5. The number of likely N-dealkylation sites (N-methyl/N-ethyl adjacent to an activating group) is 1. The second-order valence-corrected chi connectivity index (χ2v) is 4.51. The van der Waals surface area contributed by atoms with E-state index < -0.39 is 5.91 Å². The summed E-state index contributed by atoms with van der Waals surface area (Å²) in [6.45, 7) is 1.91. The van der Waals surface area contributed by atoms with Crippen LogP contribution in [0.2, 0.25) is 0 Å². The lowest BCUT2D eigenvalue weighted by Crippen LogP contribution is -2.38. The van der Waals surface area contributed by atoms with Gasteiger partial charge < -0.3 is 15.2 Å². The highest BCUT2D eigenvalue weighted by Crippen LogP contribution is 2.17. The smallest absolute Gasteiger partial charge is 0.278 e. The average Bonchev–Trinajstić information content (AvgIpc) is 2.57. The lowest BCUT2D eigenvalue weighted by molar-refractivity contribution is -0.122. The van der Waals surface area contributed by atoms with Gasteiger partial charge in [0, 0.05) is 12.7 Å². The molecule has 2 N–H and O–H groups in total. The van der Waals surface area contributed by atoms with Crippen molar-refractivity contribution < 1.29 is 15.1 Å². The molecule has 9 heteroatoms. The van der Waals surface area contributed by atoms with Crippen LogP contribution in [0, 0.1) is 22.7 Å². The van der Waals surface area contributed by atoms with Crippen LogP contribution in [-0.4, -0.2) is 38.1 Å². The molecule has 2 heterocycles. The molecule has 0 unspecified atom stereocenters. The second kappa shape index (κ2) is 6.94. The van der Waals surface area contributed by atoms with Crippen LogP contribution in [0.1, 0.15) is 6.92 Å². The number of hydrogen-bond acceptors (Lipinski definition) is 7. The van der Waals surface area contributed by atoms with E-state index in [4.69, 9.17) is 10.5 Å². The van der Waals surface area contributed by atoms with Crippen LogP contribution in [0.15, 0.2) is 52.0 Å². The van der Waals surface area contributed by atoms with Gasteiger partial charge in [-0.25, -0.2) is 0 Å². The van der Waals surface area contributed by atoms with Gasteiger partial charge in [-0.05, 0) is 31.2 Å².